The SMILES string of the molecule is CCNC(=NCc1cccc(CN2CCCC2=O)c1)NCc1oc2ccccc2c1C. The second kappa shape index (κ2) is 9.69. The highest BCUT2D eigenvalue weighted by molar-refractivity contribution is 5.83. The van der Waals surface area contributed by atoms with E-state index in [4.69, 9.17) is 9.41 Å². The largest absolute Gasteiger partial charge is 0.459 e. The van der Waals surface area contributed by atoms with Crippen molar-refractivity contribution in [3.8, 4) is 0 Å². The number of hydrogen-bond acceptors (Lipinski definition) is 3. The van der Waals surface area contributed by atoms with Gasteiger partial charge in [-0.05, 0) is 37.5 Å². The van der Waals surface area contributed by atoms with Crippen LogP contribution in [0, 0.1) is 6.92 Å². The molecule has 0 aliphatic carbocycles. The van der Waals surface area contributed by atoms with E-state index in [2.05, 4.69) is 48.7 Å². The van der Waals surface area contributed by atoms with E-state index in [9.17, 15) is 4.79 Å². The Bertz CT molecular complexity index is 1090. The Hall–Kier alpha value is -3.28. The van der Waals surface area contributed by atoms with Gasteiger partial charge in [-0.2, -0.15) is 0 Å². The summed E-state index contributed by atoms with van der Waals surface area (Å²) >= 11 is 0. The predicted molar refractivity (Wildman–Crippen MR) is 124 cm³/mol. The molecular weight excluding hydrogens is 388 g/mol. The van der Waals surface area contributed by atoms with Crippen molar-refractivity contribution in [3.63, 3.8) is 0 Å². The fraction of sp³-hybridized carbons (Fsp3) is 0.360. The van der Waals surface area contributed by atoms with Gasteiger partial charge in [0.15, 0.2) is 5.96 Å². The van der Waals surface area contributed by atoms with Crippen molar-refractivity contribution < 1.29 is 9.21 Å². The van der Waals surface area contributed by atoms with Gasteiger partial charge in [-0.1, -0.05) is 42.5 Å². The lowest BCUT2D eigenvalue weighted by atomic mass is 10.1. The lowest BCUT2D eigenvalue weighted by Gasteiger charge is -2.16. The summed E-state index contributed by atoms with van der Waals surface area (Å²) in [5.41, 5.74) is 4.34. The number of hydrogen-bond donors (Lipinski definition) is 2. The van der Waals surface area contributed by atoms with Crippen molar-refractivity contribution >= 4 is 22.8 Å². The van der Waals surface area contributed by atoms with Crippen LogP contribution < -0.4 is 10.6 Å². The third kappa shape index (κ3) is 5.08. The molecule has 1 aromatic heterocycles. The first-order valence-corrected chi connectivity index (χ1v) is 11.0. The zero-order valence-electron chi connectivity index (χ0n) is 18.3. The van der Waals surface area contributed by atoms with E-state index in [-0.39, 0.29) is 5.91 Å². The number of para-hydroxylation sites is 1. The molecule has 4 rings (SSSR count). The Labute approximate surface area is 183 Å². The molecule has 1 aliphatic rings. The zero-order chi connectivity index (χ0) is 21.6. The van der Waals surface area contributed by atoms with E-state index < -0.39 is 0 Å². The van der Waals surface area contributed by atoms with Gasteiger partial charge in [0.2, 0.25) is 5.91 Å². The molecule has 31 heavy (non-hydrogen) atoms. The highest BCUT2D eigenvalue weighted by atomic mass is 16.3. The monoisotopic (exact) mass is 418 g/mol. The number of rotatable bonds is 7. The average Bonchev–Trinajstić information content (AvgIpc) is 3.33. The van der Waals surface area contributed by atoms with Crippen molar-refractivity contribution in [2.75, 3.05) is 13.1 Å². The molecule has 1 saturated heterocycles. The van der Waals surface area contributed by atoms with Gasteiger partial charge < -0.3 is 20.0 Å². The lowest BCUT2D eigenvalue weighted by Crippen LogP contribution is -2.36. The minimum atomic E-state index is 0.253. The van der Waals surface area contributed by atoms with Crippen LogP contribution in [0.3, 0.4) is 0 Å². The number of aliphatic imine (C=N–C) groups is 1. The maximum Gasteiger partial charge on any atom is 0.222 e. The fourth-order valence-corrected chi connectivity index (χ4v) is 3.99. The molecule has 2 aromatic carbocycles. The smallest absolute Gasteiger partial charge is 0.222 e. The van der Waals surface area contributed by atoms with Crippen LogP contribution in [0.1, 0.15) is 42.2 Å². The third-order valence-electron chi connectivity index (χ3n) is 5.66. The Morgan fingerprint density at radius 2 is 1.97 bits per heavy atom. The van der Waals surface area contributed by atoms with Gasteiger partial charge in [-0.15, -0.1) is 0 Å². The lowest BCUT2D eigenvalue weighted by molar-refractivity contribution is -0.128. The van der Waals surface area contributed by atoms with E-state index in [1.165, 1.54) is 0 Å². The van der Waals surface area contributed by atoms with Crippen LogP contribution in [-0.4, -0.2) is 29.9 Å². The molecule has 0 atom stereocenters. The number of fused-ring (bicyclic) bond motifs is 1. The number of carbonyl (C=O) groups is 1. The first-order valence-electron chi connectivity index (χ1n) is 11.0. The molecule has 1 aliphatic heterocycles. The summed E-state index contributed by atoms with van der Waals surface area (Å²) in [7, 11) is 0. The van der Waals surface area contributed by atoms with Crippen molar-refractivity contribution in [2.45, 2.75) is 46.3 Å². The Kier molecular flexibility index (Phi) is 6.55. The van der Waals surface area contributed by atoms with E-state index in [1.54, 1.807) is 0 Å². The van der Waals surface area contributed by atoms with Crippen molar-refractivity contribution in [1.82, 2.24) is 15.5 Å². The highest BCUT2D eigenvalue weighted by Crippen LogP contribution is 2.24. The van der Waals surface area contributed by atoms with Crippen molar-refractivity contribution in [2.24, 2.45) is 4.99 Å². The molecular formula is C25H30N4O2. The molecule has 0 saturated carbocycles. The van der Waals surface area contributed by atoms with Gasteiger partial charge in [-0.3, -0.25) is 4.79 Å². The third-order valence-corrected chi connectivity index (χ3v) is 5.66. The van der Waals surface area contributed by atoms with E-state index >= 15 is 0 Å². The van der Waals surface area contributed by atoms with Crippen LogP contribution in [-0.2, 0) is 24.4 Å². The number of amides is 1. The topological polar surface area (TPSA) is 69.9 Å². The van der Waals surface area contributed by atoms with Gasteiger partial charge >= 0.3 is 0 Å². The Morgan fingerprint density at radius 1 is 1.13 bits per heavy atom. The molecule has 2 N–H and O–H groups in total. The first-order chi connectivity index (χ1) is 15.1. The van der Waals surface area contributed by atoms with Crippen molar-refractivity contribution in [1.29, 1.82) is 0 Å². The summed E-state index contributed by atoms with van der Waals surface area (Å²) in [6, 6.07) is 16.4. The van der Waals surface area contributed by atoms with Crippen LogP contribution in [0.15, 0.2) is 57.9 Å². The number of furan rings is 1. The van der Waals surface area contributed by atoms with Gasteiger partial charge in [0.05, 0.1) is 13.1 Å². The molecule has 0 unspecified atom stereocenters. The highest BCUT2D eigenvalue weighted by Gasteiger charge is 2.19. The predicted octanol–water partition coefficient (Wildman–Crippen LogP) is 4.12. The summed E-state index contributed by atoms with van der Waals surface area (Å²) in [6.07, 6.45) is 1.64. The number of nitrogens with zero attached hydrogens (tertiary/aromatic N) is 2. The molecule has 6 heteroatoms. The van der Waals surface area contributed by atoms with Crippen LogP contribution in [0.25, 0.3) is 11.0 Å². The zero-order valence-corrected chi connectivity index (χ0v) is 18.3. The fourth-order valence-electron chi connectivity index (χ4n) is 3.99. The number of benzene rings is 2. The summed E-state index contributed by atoms with van der Waals surface area (Å²) in [4.78, 5) is 18.6. The Balaban J connectivity index is 1.41. The summed E-state index contributed by atoms with van der Waals surface area (Å²) in [6.45, 7) is 7.60. The standard InChI is InChI=1S/C25H30N4O2/c1-3-26-25(28-16-23-18(2)21-10-4-5-11-22(21)31-23)27-15-19-8-6-9-20(14-19)17-29-13-7-12-24(29)30/h4-6,8-11,14H,3,7,12-13,15-17H2,1-2H3,(H2,26,27,28). The van der Waals surface area contributed by atoms with E-state index in [1.807, 2.05) is 29.2 Å². The van der Waals surface area contributed by atoms with Crippen LogP contribution in [0.5, 0.6) is 0 Å². The molecule has 1 amide bonds. The summed E-state index contributed by atoms with van der Waals surface area (Å²) < 4.78 is 6.00. The molecule has 0 bridgehead atoms. The summed E-state index contributed by atoms with van der Waals surface area (Å²) in [5.74, 6) is 1.93. The number of likely N-dealkylation sites (tertiary alicyclic amines) is 1. The minimum absolute atomic E-state index is 0.253. The van der Waals surface area contributed by atoms with Crippen LogP contribution in [0.2, 0.25) is 0 Å². The number of nitrogens with one attached hydrogen (secondary N) is 2. The number of carbonyl (C=O) groups excluding carboxylic acids is 1. The first kappa shape index (κ1) is 21.0. The molecule has 0 spiro atoms. The maximum absolute atomic E-state index is 11.9. The molecule has 1 fully saturated rings. The average molecular weight is 419 g/mol. The molecule has 0 radical (unpaired) electrons. The Morgan fingerprint density at radius 3 is 2.74 bits per heavy atom. The normalized spacial score (nSPS) is 14.5. The van der Waals surface area contributed by atoms with Crippen molar-refractivity contribution in [3.05, 3.63) is 71.0 Å². The number of guanidine groups is 1. The second-order valence-corrected chi connectivity index (χ2v) is 7.93. The minimum Gasteiger partial charge on any atom is -0.459 e. The molecule has 3 aromatic rings. The molecule has 6 nitrogen and oxygen atoms in total. The van der Waals surface area contributed by atoms with E-state index in [0.29, 0.717) is 26.1 Å². The van der Waals surface area contributed by atoms with Gasteiger partial charge in [0.1, 0.15) is 11.3 Å². The molecule has 162 valence electrons. The van der Waals surface area contributed by atoms with Crippen LogP contribution >= 0.6 is 0 Å². The number of aryl methyl sites for hydroxylation is 1. The van der Waals surface area contributed by atoms with Gasteiger partial charge in [0.25, 0.3) is 0 Å². The second-order valence-electron chi connectivity index (χ2n) is 7.93. The van der Waals surface area contributed by atoms with E-state index in [0.717, 1.165) is 58.9 Å². The molecule has 2 heterocycles. The quantitative estimate of drug-likeness (QED) is 0.447. The summed E-state index contributed by atoms with van der Waals surface area (Å²) in [5, 5.41) is 7.83. The van der Waals surface area contributed by atoms with Gasteiger partial charge in [-0.25, -0.2) is 4.99 Å². The maximum atomic E-state index is 11.9. The van der Waals surface area contributed by atoms with Gasteiger partial charge in [0, 0.05) is 37.0 Å². The van der Waals surface area contributed by atoms with Crippen LogP contribution in [0.4, 0.5) is 0 Å².